The highest BCUT2D eigenvalue weighted by Gasteiger charge is 2.22. The maximum Gasteiger partial charge on any atom is 0.164 e. The average molecular weight is 371 g/mol. The van der Waals surface area contributed by atoms with Gasteiger partial charge in [0.05, 0.1) is 24.2 Å². The van der Waals surface area contributed by atoms with E-state index in [0.717, 1.165) is 11.3 Å². The number of ether oxygens (including phenoxy) is 1. The lowest BCUT2D eigenvalue weighted by molar-refractivity contribution is 0.420. The zero-order valence-corrected chi connectivity index (χ0v) is 16.1. The molecule has 2 heterocycles. The van der Waals surface area contributed by atoms with Crippen LogP contribution in [0.15, 0.2) is 77.9 Å². The topological polar surface area (TPSA) is 61.0 Å². The molecule has 0 saturated carbocycles. The minimum Gasteiger partial charge on any atom is -0.454 e. The fraction of sp³-hybridized carbons (Fsp3) is 0.174. The first-order valence-corrected chi connectivity index (χ1v) is 9.10. The molecule has 2 aromatic heterocycles. The third-order valence-electron chi connectivity index (χ3n) is 4.90. The molecule has 4 aromatic rings. The molecule has 5 heteroatoms. The van der Waals surface area contributed by atoms with Gasteiger partial charge in [0.15, 0.2) is 11.6 Å². The van der Waals surface area contributed by atoms with E-state index in [9.17, 15) is 0 Å². The molecular formula is C23H21N3O2. The van der Waals surface area contributed by atoms with Gasteiger partial charge in [0.1, 0.15) is 12.0 Å². The molecule has 0 N–H and O–H groups in total. The van der Waals surface area contributed by atoms with Gasteiger partial charge in [-0.05, 0) is 30.2 Å². The summed E-state index contributed by atoms with van der Waals surface area (Å²) in [7, 11) is 0. The van der Waals surface area contributed by atoms with Crippen LogP contribution in [0.4, 0.5) is 0 Å². The van der Waals surface area contributed by atoms with E-state index in [-0.39, 0.29) is 5.41 Å². The van der Waals surface area contributed by atoms with Crippen LogP contribution in [-0.4, -0.2) is 15.1 Å². The summed E-state index contributed by atoms with van der Waals surface area (Å²) in [6, 6.07) is 16.8. The molecule has 4 rings (SSSR count). The summed E-state index contributed by atoms with van der Waals surface area (Å²) < 4.78 is 10.7. The van der Waals surface area contributed by atoms with Crippen molar-refractivity contribution in [1.82, 2.24) is 15.1 Å². The molecule has 28 heavy (non-hydrogen) atoms. The van der Waals surface area contributed by atoms with Gasteiger partial charge in [-0.15, -0.1) is 0 Å². The third-order valence-corrected chi connectivity index (χ3v) is 4.90. The van der Waals surface area contributed by atoms with Crippen molar-refractivity contribution in [2.75, 3.05) is 0 Å². The van der Waals surface area contributed by atoms with Crippen LogP contribution < -0.4 is 4.74 Å². The first kappa shape index (κ1) is 17.9. The van der Waals surface area contributed by atoms with Gasteiger partial charge in [-0.3, -0.25) is 0 Å². The quantitative estimate of drug-likeness (QED) is 0.460. The SMILES string of the molecule is Cc1ccc(C(C)(C)c2ccc(Oc3cnc(-c4cnoc4)nc3)cc2)cc1. The van der Waals surface area contributed by atoms with Crippen LogP contribution in [0.2, 0.25) is 0 Å². The van der Waals surface area contributed by atoms with Gasteiger partial charge in [0.25, 0.3) is 0 Å². The Labute approximate surface area is 164 Å². The van der Waals surface area contributed by atoms with Gasteiger partial charge in [0, 0.05) is 5.41 Å². The van der Waals surface area contributed by atoms with E-state index in [1.807, 2.05) is 12.1 Å². The van der Waals surface area contributed by atoms with Gasteiger partial charge >= 0.3 is 0 Å². The standard InChI is InChI=1S/C23H21N3O2/c1-16-4-6-18(7-5-16)23(2,3)19-8-10-20(11-9-19)28-21-13-24-22(25-14-21)17-12-26-27-15-17/h4-15H,1-3H3. The highest BCUT2D eigenvalue weighted by atomic mass is 16.5. The predicted molar refractivity (Wildman–Crippen MR) is 107 cm³/mol. The molecule has 5 nitrogen and oxygen atoms in total. The van der Waals surface area contributed by atoms with Crippen LogP contribution in [0.25, 0.3) is 11.4 Å². The molecule has 0 unspecified atom stereocenters. The number of aromatic nitrogens is 3. The lowest BCUT2D eigenvalue weighted by atomic mass is 9.78. The van der Waals surface area contributed by atoms with Gasteiger partial charge in [-0.25, -0.2) is 9.97 Å². The highest BCUT2D eigenvalue weighted by Crippen LogP contribution is 2.33. The Kier molecular flexibility index (Phi) is 4.65. The van der Waals surface area contributed by atoms with Crippen molar-refractivity contribution in [2.45, 2.75) is 26.2 Å². The molecule has 2 aromatic carbocycles. The van der Waals surface area contributed by atoms with Crippen LogP contribution >= 0.6 is 0 Å². The van der Waals surface area contributed by atoms with Crippen LogP contribution in [0, 0.1) is 6.92 Å². The molecule has 0 amide bonds. The minimum atomic E-state index is -0.0877. The van der Waals surface area contributed by atoms with Crippen molar-refractivity contribution >= 4 is 0 Å². The lowest BCUT2D eigenvalue weighted by Crippen LogP contribution is -2.18. The Bertz CT molecular complexity index is 1040. The van der Waals surface area contributed by atoms with E-state index in [4.69, 9.17) is 9.26 Å². The first-order chi connectivity index (χ1) is 13.5. The Morgan fingerprint density at radius 2 is 1.39 bits per heavy atom. The van der Waals surface area contributed by atoms with E-state index in [1.165, 1.54) is 23.0 Å². The molecule has 140 valence electrons. The van der Waals surface area contributed by atoms with Crippen molar-refractivity contribution in [1.29, 1.82) is 0 Å². The van der Waals surface area contributed by atoms with E-state index in [2.05, 4.69) is 72.3 Å². The zero-order valence-electron chi connectivity index (χ0n) is 16.1. The second kappa shape index (κ2) is 7.27. The van der Waals surface area contributed by atoms with E-state index >= 15 is 0 Å². The second-order valence-corrected chi connectivity index (χ2v) is 7.27. The molecule has 0 aliphatic rings. The normalized spacial score (nSPS) is 11.4. The Morgan fingerprint density at radius 1 is 0.786 bits per heavy atom. The number of rotatable bonds is 5. The molecule has 0 spiro atoms. The summed E-state index contributed by atoms with van der Waals surface area (Å²) in [4.78, 5) is 8.57. The smallest absolute Gasteiger partial charge is 0.164 e. The minimum absolute atomic E-state index is 0.0877. The van der Waals surface area contributed by atoms with Crippen molar-refractivity contribution in [3.8, 4) is 22.9 Å². The number of hydrogen-bond acceptors (Lipinski definition) is 5. The van der Waals surface area contributed by atoms with Crippen LogP contribution in [0.3, 0.4) is 0 Å². The molecule has 0 atom stereocenters. The summed E-state index contributed by atoms with van der Waals surface area (Å²) in [6.45, 7) is 6.56. The largest absolute Gasteiger partial charge is 0.454 e. The number of nitrogens with zero attached hydrogens (tertiary/aromatic N) is 3. The summed E-state index contributed by atoms with van der Waals surface area (Å²) >= 11 is 0. The zero-order chi connectivity index (χ0) is 19.6. The van der Waals surface area contributed by atoms with E-state index < -0.39 is 0 Å². The van der Waals surface area contributed by atoms with Gasteiger partial charge in [-0.2, -0.15) is 0 Å². The summed E-state index contributed by atoms with van der Waals surface area (Å²) in [6.07, 6.45) is 6.35. The number of benzene rings is 2. The van der Waals surface area contributed by atoms with Gasteiger partial charge < -0.3 is 9.26 Å². The highest BCUT2D eigenvalue weighted by molar-refractivity contribution is 5.51. The maximum atomic E-state index is 5.88. The van der Waals surface area contributed by atoms with Crippen molar-refractivity contribution < 1.29 is 9.26 Å². The Morgan fingerprint density at radius 3 is 1.96 bits per heavy atom. The average Bonchev–Trinajstić information content (AvgIpc) is 3.24. The summed E-state index contributed by atoms with van der Waals surface area (Å²) in [5, 5.41) is 3.66. The van der Waals surface area contributed by atoms with Crippen LogP contribution in [0.1, 0.15) is 30.5 Å². The van der Waals surface area contributed by atoms with E-state index in [1.54, 1.807) is 18.6 Å². The summed E-state index contributed by atoms with van der Waals surface area (Å²) in [5.41, 5.74) is 4.41. The number of aryl methyl sites for hydroxylation is 1. The molecule has 0 saturated heterocycles. The molecule has 0 bridgehead atoms. The monoisotopic (exact) mass is 371 g/mol. The van der Waals surface area contributed by atoms with E-state index in [0.29, 0.717) is 11.6 Å². The fourth-order valence-electron chi connectivity index (χ4n) is 3.05. The fourth-order valence-corrected chi connectivity index (χ4v) is 3.05. The van der Waals surface area contributed by atoms with Crippen LogP contribution in [0.5, 0.6) is 11.5 Å². The Hall–Kier alpha value is -3.47. The van der Waals surface area contributed by atoms with Crippen molar-refractivity contribution in [3.63, 3.8) is 0 Å². The van der Waals surface area contributed by atoms with Gasteiger partial charge in [0.2, 0.25) is 0 Å². The Balaban J connectivity index is 1.49. The van der Waals surface area contributed by atoms with Crippen LogP contribution in [-0.2, 0) is 5.41 Å². The molecule has 0 aliphatic heterocycles. The molecule has 0 radical (unpaired) electrons. The maximum absolute atomic E-state index is 5.88. The molecular weight excluding hydrogens is 350 g/mol. The number of hydrogen-bond donors (Lipinski definition) is 0. The predicted octanol–water partition coefficient (Wildman–Crippen LogP) is 5.56. The molecule has 0 fully saturated rings. The van der Waals surface area contributed by atoms with Crippen molar-refractivity contribution in [3.05, 3.63) is 90.1 Å². The first-order valence-electron chi connectivity index (χ1n) is 9.10. The summed E-state index contributed by atoms with van der Waals surface area (Å²) in [5.74, 6) is 1.86. The van der Waals surface area contributed by atoms with Gasteiger partial charge in [-0.1, -0.05) is 61.0 Å². The second-order valence-electron chi connectivity index (χ2n) is 7.27. The van der Waals surface area contributed by atoms with Crippen molar-refractivity contribution in [2.24, 2.45) is 0 Å². The molecule has 0 aliphatic carbocycles. The lowest BCUT2D eigenvalue weighted by Gasteiger charge is -2.26. The third kappa shape index (κ3) is 3.64.